The van der Waals surface area contributed by atoms with E-state index in [0.717, 1.165) is 41.1 Å². The van der Waals surface area contributed by atoms with Gasteiger partial charge >= 0.3 is 0 Å². The van der Waals surface area contributed by atoms with Crippen LogP contribution in [0.1, 0.15) is 32.6 Å². The summed E-state index contributed by atoms with van der Waals surface area (Å²) < 4.78 is 19.4. The van der Waals surface area contributed by atoms with Gasteiger partial charge in [0, 0.05) is 38.3 Å². The van der Waals surface area contributed by atoms with Crippen LogP contribution >= 0.6 is 0 Å². The molecular formula is C27H29FN2O2. The van der Waals surface area contributed by atoms with E-state index in [2.05, 4.69) is 4.90 Å². The van der Waals surface area contributed by atoms with Crippen molar-refractivity contribution in [2.24, 2.45) is 0 Å². The fourth-order valence-corrected chi connectivity index (χ4v) is 4.11. The lowest BCUT2D eigenvalue weighted by atomic mass is 10.1. The maximum Gasteiger partial charge on any atom is 0.253 e. The highest BCUT2D eigenvalue weighted by Crippen LogP contribution is 2.23. The van der Waals surface area contributed by atoms with Crippen molar-refractivity contribution in [3.8, 4) is 5.75 Å². The third-order valence-electron chi connectivity index (χ3n) is 5.95. The molecule has 0 aliphatic carbocycles. The van der Waals surface area contributed by atoms with Crippen LogP contribution in [0.2, 0.25) is 0 Å². The standard InChI is InChI=1S/C27H29FN2O2/c1-20-5-3-6-21(2)26(20)32-19-22-9-11-24(12-10-22)27(31)30-15-13-29(14-16-30)18-23-7-4-8-25(28)17-23/h3-12,17H,13-16,18-19H2,1-2H3. The molecule has 1 aliphatic heterocycles. The van der Waals surface area contributed by atoms with E-state index in [1.54, 1.807) is 12.1 Å². The van der Waals surface area contributed by atoms with Gasteiger partial charge in [-0.1, -0.05) is 42.5 Å². The van der Waals surface area contributed by atoms with E-state index in [4.69, 9.17) is 4.74 Å². The number of carbonyl (C=O) groups excluding carboxylic acids is 1. The largest absolute Gasteiger partial charge is 0.488 e. The van der Waals surface area contributed by atoms with Gasteiger partial charge in [0.15, 0.2) is 0 Å². The van der Waals surface area contributed by atoms with Crippen LogP contribution in [0.5, 0.6) is 5.75 Å². The summed E-state index contributed by atoms with van der Waals surface area (Å²) in [6.45, 7) is 8.17. The summed E-state index contributed by atoms with van der Waals surface area (Å²) >= 11 is 0. The quantitative estimate of drug-likeness (QED) is 0.551. The second-order valence-corrected chi connectivity index (χ2v) is 8.40. The Morgan fingerprint density at radius 2 is 1.53 bits per heavy atom. The Kier molecular flexibility index (Phi) is 6.86. The van der Waals surface area contributed by atoms with E-state index >= 15 is 0 Å². The first kappa shape index (κ1) is 22.0. The molecule has 4 rings (SSSR count). The molecule has 0 bridgehead atoms. The van der Waals surface area contributed by atoms with Crippen LogP contribution in [0.3, 0.4) is 0 Å². The van der Waals surface area contributed by atoms with Crippen molar-refractivity contribution in [3.63, 3.8) is 0 Å². The molecule has 166 valence electrons. The number of benzene rings is 3. The molecule has 0 atom stereocenters. The molecule has 3 aromatic carbocycles. The minimum atomic E-state index is -0.209. The fraction of sp³-hybridized carbons (Fsp3) is 0.296. The molecule has 0 unspecified atom stereocenters. The van der Waals surface area contributed by atoms with E-state index < -0.39 is 0 Å². The zero-order valence-corrected chi connectivity index (χ0v) is 18.7. The lowest BCUT2D eigenvalue weighted by Crippen LogP contribution is -2.48. The zero-order valence-electron chi connectivity index (χ0n) is 18.7. The van der Waals surface area contributed by atoms with Crippen molar-refractivity contribution in [1.29, 1.82) is 0 Å². The Morgan fingerprint density at radius 3 is 2.19 bits per heavy atom. The monoisotopic (exact) mass is 432 g/mol. The van der Waals surface area contributed by atoms with Crippen molar-refractivity contribution in [3.05, 3.63) is 100 Å². The molecule has 32 heavy (non-hydrogen) atoms. The van der Waals surface area contributed by atoms with Gasteiger partial charge in [0.2, 0.25) is 0 Å². The topological polar surface area (TPSA) is 32.8 Å². The van der Waals surface area contributed by atoms with Crippen molar-refractivity contribution in [1.82, 2.24) is 9.80 Å². The Hall–Kier alpha value is -3.18. The Labute approximate surface area is 189 Å². The summed E-state index contributed by atoms with van der Waals surface area (Å²) in [7, 11) is 0. The van der Waals surface area contributed by atoms with Crippen LogP contribution in [0.15, 0.2) is 66.7 Å². The number of hydrogen-bond donors (Lipinski definition) is 0. The molecule has 0 N–H and O–H groups in total. The number of para-hydroxylation sites is 1. The van der Waals surface area contributed by atoms with Gasteiger partial charge in [0.25, 0.3) is 5.91 Å². The van der Waals surface area contributed by atoms with E-state index in [0.29, 0.717) is 31.8 Å². The van der Waals surface area contributed by atoms with Crippen LogP contribution < -0.4 is 4.74 Å². The molecule has 0 aromatic heterocycles. The Balaban J connectivity index is 1.29. The van der Waals surface area contributed by atoms with Gasteiger partial charge in [0.05, 0.1) is 0 Å². The number of hydrogen-bond acceptors (Lipinski definition) is 3. The first-order chi connectivity index (χ1) is 15.5. The minimum absolute atomic E-state index is 0.0534. The average Bonchev–Trinajstić information content (AvgIpc) is 2.79. The third kappa shape index (κ3) is 5.35. The van der Waals surface area contributed by atoms with Gasteiger partial charge in [-0.15, -0.1) is 0 Å². The highest BCUT2D eigenvalue weighted by molar-refractivity contribution is 5.94. The molecule has 3 aromatic rings. The Bertz CT molecular complexity index is 1050. The number of nitrogens with zero attached hydrogens (tertiary/aromatic N) is 2. The second kappa shape index (κ2) is 9.96. The normalized spacial score (nSPS) is 14.4. The lowest BCUT2D eigenvalue weighted by Gasteiger charge is -2.34. The van der Waals surface area contributed by atoms with Crippen molar-refractivity contribution < 1.29 is 13.9 Å². The fourth-order valence-electron chi connectivity index (χ4n) is 4.11. The maximum atomic E-state index is 13.4. The summed E-state index contributed by atoms with van der Waals surface area (Å²) in [5.74, 6) is 0.764. The van der Waals surface area contributed by atoms with Gasteiger partial charge in [-0.2, -0.15) is 0 Å². The summed E-state index contributed by atoms with van der Waals surface area (Å²) in [6.07, 6.45) is 0. The average molecular weight is 433 g/mol. The van der Waals surface area contributed by atoms with Gasteiger partial charge in [-0.05, 0) is 60.4 Å². The van der Waals surface area contributed by atoms with Crippen LogP contribution in [0, 0.1) is 19.7 Å². The third-order valence-corrected chi connectivity index (χ3v) is 5.95. The van der Waals surface area contributed by atoms with E-state index in [9.17, 15) is 9.18 Å². The summed E-state index contributed by atoms with van der Waals surface area (Å²) in [4.78, 5) is 17.1. The molecule has 0 saturated carbocycles. The zero-order chi connectivity index (χ0) is 22.5. The molecule has 1 heterocycles. The molecule has 0 spiro atoms. The number of halogens is 1. The molecular weight excluding hydrogens is 403 g/mol. The molecule has 1 amide bonds. The number of piperazine rings is 1. The van der Waals surface area contributed by atoms with Crippen LogP contribution in [-0.4, -0.2) is 41.9 Å². The minimum Gasteiger partial charge on any atom is -0.488 e. The lowest BCUT2D eigenvalue weighted by molar-refractivity contribution is 0.0628. The predicted octanol–water partition coefficient (Wildman–Crippen LogP) is 4.98. The van der Waals surface area contributed by atoms with Gasteiger partial charge in [-0.3, -0.25) is 9.69 Å². The summed E-state index contributed by atoms with van der Waals surface area (Å²) in [6, 6.07) is 20.5. The van der Waals surface area contributed by atoms with Crippen LogP contribution in [-0.2, 0) is 13.2 Å². The van der Waals surface area contributed by atoms with E-state index in [-0.39, 0.29) is 11.7 Å². The molecule has 1 saturated heterocycles. The molecule has 5 heteroatoms. The van der Waals surface area contributed by atoms with Crippen LogP contribution in [0.25, 0.3) is 0 Å². The van der Waals surface area contributed by atoms with Gasteiger partial charge < -0.3 is 9.64 Å². The summed E-state index contributed by atoms with van der Waals surface area (Å²) in [5, 5.41) is 0. The van der Waals surface area contributed by atoms with Crippen LogP contribution in [0.4, 0.5) is 4.39 Å². The van der Waals surface area contributed by atoms with Crippen molar-refractivity contribution in [2.45, 2.75) is 27.0 Å². The first-order valence-electron chi connectivity index (χ1n) is 11.0. The number of ether oxygens (including phenoxy) is 1. The van der Waals surface area contributed by atoms with E-state index in [1.165, 1.54) is 6.07 Å². The first-order valence-corrected chi connectivity index (χ1v) is 11.0. The highest BCUT2D eigenvalue weighted by atomic mass is 19.1. The number of aryl methyl sites for hydroxylation is 2. The highest BCUT2D eigenvalue weighted by Gasteiger charge is 2.22. The number of rotatable bonds is 6. The van der Waals surface area contributed by atoms with Crippen molar-refractivity contribution >= 4 is 5.91 Å². The SMILES string of the molecule is Cc1cccc(C)c1OCc1ccc(C(=O)N2CCN(Cc3cccc(F)c3)CC2)cc1. The smallest absolute Gasteiger partial charge is 0.253 e. The maximum absolute atomic E-state index is 13.4. The van der Waals surface area contributed by atoms with E-state index in [1.807, 2.05) is 67.3 Å². The molecule has 1 aliphatic rings. The predicted molar refractivity (Wildman–Crippen MR) is 124 cm³/mol. The molecule has 1 fully saturated rings. The van der Waals surface area contributed by atoms with Gasteiger partial charge in [0.1, 0.15) is 18.2 Å². The Morgan fingerprint density at radius 1 is 0.875 bits per heavy atom. The molecule has 0 radical (unpaired) electrons. The van der Waals surface area contributed by atoms with Crippen molar-refractivity contribution in [2.75, 3.05) is 26.2 Å². The second-order valence-electron chi connectivity index (χ2n) is 8.40. The molecule has 4 nitrogen and oxygen atoms in total. The number of carbonyl (C=O) groups is 1. The summed E-state index contributed by atoms with van der Waals surface area (Å²) in [5.41, 5.74) is 4.92. The number of amides is 1. The van der Waals surface area contributed by atoms with Gasteiger partial charge in [-0.25, -0.2) is 4.39 Å².